The molecule has 0 fully saturated rings. The monoisotopic (exact) mass is 776 g/mol. The van der Waals surface area contributed by atoms with E-state index in [9.17, 15) is 4.79 Å². The van der Waals surface area contributed by atoms with Crippen LogP contribution in [-0.4, -0.2) is 47.1 Å². The maximum atomic E-state index is 13.3. The highest BCUT2D eigenvalue weighted by Gasteiger charge is 2.28. The number of methoxy groups -OCH3 is 2. The van der Waals surface area contributed by atoms with Crippen molar-refractivity contribution in [2.45, 2.75) is 103 Å². The highest BCUT2D eigenvalue weighted by atomic mass is 127. The van der Waals surface area contributed by atoms with E-state index in [2.05, 4.69) is 55.5 Å². The second-order valence-electron chi connectivity index (χ2n) is 11.9. The number of carbonyl (C=O) groups excluding carboxylic acids is 1. The van der Waals surface area contributed by atoms with Crippen LogP contribution in [0.1, 0.15) is 70.9 Å². The van der Waals surface area contributed by atoms with Gasteiger partial charge >= 0.3 is 0 Å². The van der Waals surface area contributed by atoms with Crippen molar-refractivity contribution in [2.24, 2.45) is 5.92 Å². The Labute approximate surface area is 299 Å². The molecule has 0 aliphatic heterocycles. The summed E-state index contributed by atoms with van der Waals surface area (Å²) in [6.07, 6.45) is 13.8. The first kappa shape index (κ1) is 40.9. The van der Waals surface area contributed by atoms with Gasteiger partial charge in [0, 0.05) is 12.5 Å². The minimum atomic E-state index is -1.59. The first-order valence-corrected chi connectivity index (χ1v) is 20.9. The molecule has 0 aromatic heterocycles. The van der Waals surface area contributed by atoms with Gasteiger partial charge in [0.05, 0.1) is 39.6 Å². The maximum absolute atomic E-state index is 13.3. The molecule has 6 nitrogen and oxygen atoms in total. The number of carbonyl (C=O) groups is 1. The van der Waals surface area contributed by atoms with E-state index >= 15 is 0 Å². The average molecular weight is 777 g/mol. The number of rotatable bonds is 25. The van der Waals surface area contributed by atoms with Crippen LogP contribution >= 0.6 is 22.6 Å². The second-order valence-corrected chi connectivity index (χ2v) is 17.4. The second kappa shape index (κ2) is 24.0. The molecule has 0 aliphatic rings. The van der Waals surface area contributed by atoms with Crippen molar-refractivity contribution in [1.29, 1.82) is 0 Å². The third-order valence-electron chi connectivity index (χ3n) is 8.89. The number of hydrogen-bond donors (Lipinski definition) is 0. The molecule has 0 saturated carbocycles. The van der Waals surface area contributed by atoms with Crippen LogP contribution in [0, 0.1) is 5.92 Å². The fourth-order valence-electron chi connectivity index (χ4n) is 5.36. The number of unbranched alkanes of at least 4 members (excludes halogenated alkanes) is 1. The van der Waals surface area contributed by atoms with Crippen LogP contribution in [-0.2, 0) is 31.9 Å². The Balaban J connectivity index is 1.95. The van der Waals surface area contributed by atoms with Crippen LogP contribution in [0.4, 0.5) is 0 Å². The Kier molecular flexibility index (Phi) is 20.9. The van der Waals surface area contributed by atoms with Crippen molar-refractivity contribution in [3.05, 3.63) is 94.1 Å². The molecule has 47 heavy (non-hydrogen) atoms. The van der Waals surface area contributed by atoms with Gasteiger partial charge in [0.2, 0.25) is 0 Å². The molecule has 0 heterocycles. The highest BCUT2D eigenvalue weighted by molar-refractivity contribution is 14.1. The summed E-state index contributed by atoms with van der Waals surface area (Å²) in [4.78, 5) is 13.3. The Hall–Kier alpha value is -2.24. The van der Waals surface area contributed by atoms with Crippen LogP contribution in [0.2, 0.25) is 18.1 Å². The fraction of sp³-hybridized carbons (Fsp3) is 0.513. The average Bonchev–Trinajstić information content (AvgIpc) is 3.12. The van der Waals surface area contributed by atoms with Gasteiger partial charge in [0.25, 0.3) is 0 Å². The number of ether oxygens (including phenoxy) is 4. The van der Waals surface area contributed by atoms with E-state index in [1.807, 2.05) is 71.7 Å². The lowest BCUT2D eigenvalue weighted by molar-refractivity contribution is -0.123. The predicted molar refractivity (Wildman–Crippen MR) is 205 cm³/mol. The van der Waals surface area contributed by atoms with E-state index in [1.54, 1.807) is 20.3 Å². The Morgan fingerprint density at radius 3 is 1.87 bits per heavy atom. The molecule has 0 spiro atoms. The van der Waals surface area contributed by atoms with Gasteiger partial charge in [-0.25, -0.2) is 0 Å². The molecular formula is C39H57IO6Si. The fourth-order valence-corrected chi connectivity index (χ4v) is 8.34. The third kappa shape index (κ3) is 15.7. The van der Waals surface area contributed by atoms with E-state index in [1.165, 1.54) is 0 Å². The molecule has 260 valence electrons. The van der Waals surface area contributed by atoms with Gasteiger partial charge in [-0.2, -0.15) is 0 Å². The van der Waals surface area contributed by atoms with E-state index in [4.69, 9.17) is 23.4 Å². The Morgan fingerprint density at radius 1 is 0.787 bits per heavy atom. The molecule has 0 radical (unpaired) electrons. The van der Waals surface area contributed by atoms with Gasteiger partial charge in [0.15, 0.2) is 14.1 Å². The lowest BCUT2D eigenvalue weighted by Gasteiger charge is -2.28. The first-order valence-electron chi connectivity index (χ1n) is 17.1. The molecule has 0 amide bonds. The molecule has 2 aromatic rings. The van der Waals surface area contributed by atoms with Crippen LogP contribution in [0.5, 0.6) is 11.5 Å². The molecule has 0 aliphatic carbocycles. The molecule has 0 bridgehead atoms. The molecule has 8 heteroatoms. The van der Waals surface area contributed by atoms with Crippen molar-refractivity contribution in [3.8, 4) is 11.5 Å². The van der Waals surface area contributed by atoms with Gasteiger partial charge in [0.1, 0.15) is 11.5 Å². The summed E-state index contributed by atoms with van der Waals surface area (Å²) >= 11 is 2.23. The van der Waals surface area contributed by atoms with Gasteiger partial charge in [-0.1, -0.05) is 98.9 Å². The molecule has 0 saturated heterocycles. The summed E-state index contributed by atoms with van der Waals surface area (Å²) in [7, 11) is 1.74. The molecule has 2 aromatic carbocycles. The summed E-state index contributed by atoms with van der Waals surface area (Å²) in [5.41, 5.74) is 2.16. The topological polar surface area (TPSA) is 63.2 Å². The number of hydrogen-bond acceptors (Lipinski definition) is 6. The van der Waals surface area contributed by atoms with Gasteiger partial charge < -0.3 is 23.4 Å². The van der Waals surface area contributed by atoms with Crippen LogP contribution in [0.25, 0.3) is 0 Å². The van der Waals surface area contributed by atoms with Gasteiger partial charge in [-0.3, -0.25) is 4.79 Å². The predicted octanol–water partition coefficient (Wildman–Crippen LogP) is 10.4. The summed E-state index contributed by atoms with van der Waals surface area (Å²) < 4.78 is 31.6. The van der Waals surface area contributed by atoms with Crippen molar-refractivity contribution >= 4 is 36.7 Å². The SMILES string of the molecule is CC[Si](CC)(CC)OCCCC[C@H](OCc1ccc(OC)cc1)[C@@H](C)C(=O)/C=C/C=C/C[C@@H](C/C=C/I)OCc1ccc(OC)cc1. The van der Waals surface area contributed by atoms with Crippen molar-refractivity contribution in [2.75, 3.05) is 20.8 Å². The lowest BCUT2D eigenvalue weighted by Crippen LogP contribution is -2.36. The van der Waals surface area contributed by atoms with Crippen LogP contribution in [0.3, 0.4) is 0 Å². The van der Waals surface area contributed by atoms with E-state index in [0.717, 1.165) is 79.5 Å². The van der Waals surface area contributed by atoms with Crippen LogP contribution in [0.15, 0.2) is 83.0 Å². The van der Waals surface area contributed by atoms with Crippen molar-refractivity contribution in [3.63, 3.8) is 0 Å². The van der Waals surface area contributed by atoms with E-state index < -0.39 is 8.32 Å². The zero-order valence-corrected chi connectivity index (χ0v) is 32.6. The number of ketones is 1. The van der Waals surface area contributed by atoms with Gasteiger partial charge in [-0.15, -0.1) is 0 Å². The first-order chi connectivity index (χ1) is 22.8. The Morgan fingerprint density at radius 2 is 1.34 bits per heavy atom. The van der Waals surface area contributed by atoms with E-state index in [0.29, 0.717) is 13.2 Å². The summed E-state index contributed by atoms with van der Waals surface area (Å²) in [6.45, 7) is 10.5. The lowest BCUT2D eigenvalue weighted by atomic mass is 9.94. The largest absolute Gasteiger partial charge is 0.497 e. The number of halogens is 1. The summed E-state index contributed by atoms with van der Waals surface area (Å²) in [5.74, 6) is 1.46. The molecule has 2 rings (SSSR count). The molecule has 0 unspecified atom stereocenters. The summed E-state index contributed by atoms with van der Waals surface area (Å²) in [6, 6.07) is 19.3. The van der Waals surface area contributed by atoms with Crippen molar-refractivity contribution < 1.29 is 28.2 Å². The minimum absolute atomic E-state index is 0.0434. The van der Waals surface area contributed by atoms with E-state index in [-0.39, 0.29) is 23.9 Å². The van der Waals surface area contributed by atoms with Gasteiger partial charge in [-0.05, 0) is 95.8 Å². The molecule has 0 N–H and O–H groups in total. The molecular weight excluding hydrogens is 719 g/mol. The zero-order valence-electron chi connectivity index (χ0n) is 29.4. The molecule has 3 atom stereocenters. The minimum Gasteiger partial charge on any atom is -0.497 e. The smallest absolute Gasteiger partial charge is 0.191 e. The quantitative estimate of drug-likeness (QED) is 0.0329. The third-order valence-corrected chi connectivity index (χ3v) is 14.1. The zero-order chi connectivity index (χ0) is 34.3. The van der Waals surface area contributed by atoms with Crippen molar-refractivity contribution in [1.82, 2.24) is 0 Å². The normalized spacial score (nSPS) is 14.2. The highest BCUT2D eigenvalue weighted by Crippen LogP contribution is 2.24. The number of allylic oxidation sites excluding steroid dienone is 3. The number of benzene rings is 2. The maximum Gasteiger partial charge on any atom is 0.191 e. The standard InChI is InChI=1S/C39H57IO6Si/c1-7-47(8-2,9-3)46-29-14-13-19-39(45-31-34-22-26-36(43-6)27-23-34)32(4)38(41)18-12-10-11-16-37(17-15-28-40)44-30-33-20-24-35(42-5)25-21-33/h10-12,15,18,20-28,32,37,39H,7-9,13-14,16-17,19,29-31H2,1-6H3/b11-10+,18-12+,28-15+/t32-,37-,39-/m0/s1. The Bertz CT molecular complexity index is 1200. The summed E-state index contributed by atoms with van der Waals surface area (Å²) in [5, 5.41) is 0. The van der Waals surface area contributed by atoms with Crippen LogP contribution < -0.4 is 9.47 Å².